The molecule has 1 aliphatic rings. The van der Waals surface area contributed by atoms with E-state index in [-0.39, 0.29) is 23.8 Å². The van der Waals surface area contributed by atoms with E-state index in [4.69, 9.17) is 5.11 Å². The van der Waals surface area contributed by atoms with Crippen molar-refractivity contribution in [3.8, 4) is 0 Å². The molecule has 1 aromatic carbocycles. The van der Waals surface area contributed by atoms with Gasteiger partial charge in [-0.3, -0.25) is 4.79 Å². The molecule has 0 saturated carbocycles. The average Bonchev–Trinajstić information content (AvgIpc) is 2.66. The first kappa shape index (κ1) is 14.4. The molecule has 0 fully saturated rings. The number of aliphatic hydroxyl groups excluding tert-OH is 1. The van der Waals surface area contributed by atoms with Crippen LogP contribution in [0.1, 0.15) is 12.5 Å². The molecule has 0 aliphatic carbocycles. The Morgan fingerprint density at radius 1 is 1.53 bits per heavy atom. The number of hydrogen-bond donors (Lipinski definition) is 3. The van der Waals surface area contributed by atoms with Gasteiger partial charge in [-0.15, -0.1) is 0 Å². The van der Waals surface area contributed by atoms with E-state index in [1.165, 1.54) is 6.07 Å². The lowest BCUT2D eigenvalue weighted by atomic mass is 10.2. The highest BCUT2D eigenvalue weighted by atomic mass is 79.9. The average molecular weight is 349 g/mol. The Hall–Kier alpha value is -0.960. The number of benzene rings is 1. The van der Waals surface area contributed by atoms with Crippen LogP contribution < -0.4 is 10.0 Å². The molecule has 0 spiro atoms. The normalized spacial score (nSPS) is 16.1. The van der Waals surface area contributed by atoms with Gasteiger partial charge in [0.05, 0.1) is 17.9 Å². The van der Waals surface area contributed by atoms with Gasteiger partial charge in [-0.25, -0.2) is 13.1 Å². The van der Waals surface area contributed by atoms with Crippen molar-refractivity contribution in [2.45, 2.75) is 24.3 Å². The molecule has 8 heteroatoms. The molecule has 0 radical (unpaired) electrons. The highest BCUT2D eigenvalue weighted by Crippen LogP contribution is 2.32. The number of halogens is 1. The van der Waals surface area contributed by atoms with E-state index >= 15 is 0 Å². The van der Waals surface area contributed by atoms with Gasteiger partial charge in [0.15, 0.2) is 0 Å². The van der Waals surface area contributed by atoms with Crippen molar-refractivity contribution >= 4 is 37.5 Å². The zero-order valence-electron chi connectivity index (χ0n) is 10.1. The first-order valence-corrected chi connectivity index (χ1v) is 7.86. The maximum Gasteiger partial charge on any atom is 0.242 e. The van der Waals surface area contributed by atoms with E-state index in [2.05, 4.69) is 26.0 Å². The number of amides is 1. The summed E-state index contributed by atoms with van der Waals surface area (Å²) in [6.07, 6.45) is 0.167. The second-order valence-corrected chi connectivity index (χ2v) is 6.91. The maximum atomic E-state index is 12.1. The number of nitrogens with one attached hydrogen (secondary N) is 2. The van der Waals surface area contributed by atoms with Gasteiger partial charge in [0.25, 0.3) is 0 Å². The molecular weight excluding hydrogens is 336 g/mol. The highest BCUT2D eigenvalue weighted by molar-refractivity contribution is 9.10. The smallest absolute Gasteiger partial charge is 0.242 e. The summed E-state index contributed by atoms with van der Waals surface area (Å²) in [5, 5.41) is 11.6. The SMILES string of the molecule is CC(CO)NS(=O)(=O)c1cc2c(cc1Br)NC(=O)C2. The van der Waals surface area contributed by atoms with Crippen LogP contribution in [0.25, 0.3) is 0 Å². The van der Waals surface area contributed by atoms with Crippen molar-refractivity contribution in [2.24, 2.45) is 0 Å². The molecule has 0 bridgehead atoms. The van der Waals surface area contributed by atoms with Gasteiger partial charge in [0.1, 0.15) is 0 Å². The van der Waals surface area contributed by atoms with Crippen molar-refractivity contribution in [2.75, 3.05) is 11.9 Å². The third kappa shape index (κ3) is 2.97. The third-order valence-electron chi connectivity index (χ3n) is 2.70. The Bertz CT molecular complexity index is 630. The minimum Gasteiger partial charge on any atom is -0.395 e. The van der Waals surface area contributed by atoms with Crippen LogP contribution in [0.3, 0.4) is 0 Å². The molecule has 19 heavy (non-hydrogen) atoms. The second-order valence-electron chi connectivity index (χ2n) is 4.37. The molecule has 0 aromatic heterocycles. The highest BCUT2D eigenvalue weighted by Gasteiger charge is 2.25. The van der Waals surface area contributed by atoms with E-state index in [0.29, 0.717) is 15.7 Å². The number of hydrogen-bond acceptors (Lipinski definition) is 4. The Morgan fingerprint density at radius 3 is 2.84 bits per heavy atom. The molecule has 1 unspecified atom stereocenters. The van der Waals surface area contributed by atoms with Gasteiger partial charge in [0, 0.05) is 16.2 Å². The van der Waals surface area contributed by atoms with Crippen molar-refractivity contribution in [1.82, 2.24) is 4.72 Å². The zero-order chi connectivity index (χ0) is 14.2. The van der Waals surface area contributed by atoms with E-state index in [1.54, 1.807) is 13.0 Å². The monoisotopic (exact) mass is 348 g/mol. The van der Waals surface area contributed by atoms with Gasteiger partial charge < -0.3 is 10.4 Å². The summed E-state index contributed by atoms with van der Waals surface area (Å²) in [5.74, 6) is -0.159. The van der Waals surface area contributed by atoms with Crippen molar-refractivity contribution in [3.63, 3.8) is 0 Å². The van der Waals surface area contributed by atoms with Gasteiger partial charge >= 0.3 is 0 Å². The standard InChI is InChI=1S/C11H13BrN2O4S/c1-6(5-15)14-19(17,18)10-2-7-3-11(16)13-9(7)4-8(10)12/h2,4,6,14-15H,3,5H2,1H3,(H,13,16). The number of carbonyl (C=O) groups is 1. The van der Waals surface area contributed by atoms with Crippen LogP contribution in [0, 0.1) is 0 Å². The summed E-state index contributed by atoms with van der Waals surface area (Å²) in [7, 11) is -3.74. The summed E-state index contributed by atoms with van der Waals surface area (Å²) in [5.41, 5.74) is 1.26. The molecule has 1 heterocycles. The lowest BCUT2D eigenvalue weighted by Crippen LogP contribution is -2.35. The fraction of sp³-hybridized carbons (Fsp3) is 0.364. The van der Waals surface area contributed by atoms with E-state index in [0.717, 1.165) is 0 Å². The zero-order valence-corrected chi connectivity index (χ0v) is 12.5. The maximum absolute atomic E-state index is 12.1. The molecule has 6 nitrogen and oxygen atoms in total. The number of rotatable bonds is 4. The van der Waals surface area contributed by atoms with E-state index in [9.17, 15) is 13.2 Å². The molecule has 104 valence electrons. The summed E-state index contributed by atoms with van der Waals surface area (Å²) in [6, 6.07) is 2.45. The Balaban J connectivity index is 2.41. The van der Waals surface area contributed by atoms with Crippen LogP contribution in [0.15, 0.2) is 21.5 Å². The topological polar surface area (TPSA) is 95.5 Å². The summed E-state index contributed by atoms with van der Waals surface area (Å²) >= 11 is 3.18. The lowest BCUT2D eigenvalue weighted by Gasteiger charge is -2.13. The quantitative estimate of drug-likeness (QED) is 0.742. The number of fused-ring (bicyclic) bond motifs is 1. The molecule has 1 amide bonds. The summed E-state index contributed by atoms with van der Waals surface area (Å²) in [6.45, 7) is 1.27. The number of anilines is 1. The largest absolute Gasteiger partial charge is 0.395 e. The molecule has 1 atom stereocenters. The van der Waals surface area contributed by atoms with Crippen LogP contribution in [0.5, 0.6) is 0 Å². The molecule has 0 saturated heterocycles. The predicted molar refractivity (Wildman–Crippen MR) is 73.3 cm³/mol. The Labute approximate surface area is 119 Å². The number of aliphatic hydroxyl groups is 1. The summed E-state index contributed by atoms with van der Waals surface area (Å²) < 4.78 is 27.0. The third-order valence-corrected chi connectivity index (χ3v) is 5.25. The Kier molecular flexibility index (Phi) is 3.95. The van der Waals surface area contributed by atoms with Gasteiger partial charge in [0.2, 0.25) is 15.9 Å². The van der Waals surface area contributed by atoms with Crippen LogP contribution in [-0.4, -0.2) is 32.1 Å². The minimum absolute atomic E-state index is 0.0584. The van der Waals surface area contributed by atoms with Crippen LogP contribution in [0.4, 0.5) is 5.69 Å². The molecule has 1 aromatic rings. The van der Waals surface area contributed by atoms with Gasteiger partial charge in [-0.2, -0.15) is 0 Å². The second kappa shape index (κ2) is 5.20. The van der Waals surface area contributed by atoms with Crippen LogP contribution in [0.2, 0.25) is 0 Å². The predicted octanol–water partition coefficient (Wildman–Crippen LogP) is 0.603. The van der Waals surface area contributed by atoms with Crippen LogP contribution >= 0.6 is 15.9 Å². The minimum atomic E-state index is -3.74. The van der Waals surface area contributed by atoms with Gasteiger partial charge in [-0.05, 0) is 40.5 Å². The van der Waals surface area contributed by atoms with Crippen LogP contribution in [-0.2, 0) is 21.2 Å². The fourth-order valence-corrected chi connectivity index (χ4v) is 4.12. The fourth-order valence-electron chi connectivity index (χ4n) is 1.80. The first-order chi connectivity index (χ1) is 8.83. The number of sulfonamides is 1. The van der Waals surface area contributed by atoms with Crippen molar-refractivity contribution < 1.29 is 18.3 Å². The molecule has 2 rings (SSSR count). The molecular formula is C11H13BrN2O4S. The Morgan fingerprint density at radius 2 is 2.21 bits per heavy atom. The number of carbonyl (C=O) groups excluding carboxylic acids is 1. The first-order valence-electron chi connectivity index (χ1n) is 5.59. The van der Waals surface area contributed by atoms with E-state index < -0.39 is 16.1 Å². The van der Waals surface area contributed by atoms with Gasteiger partial charge in [-0.1, -0.05) is 0 Å². The molecule has 3 N–H and O–H groups in total. The van der Waals surface area contributed by atoms with Crippen molar-refractivity contribution in [3.05, 3.63) is 22.2 Å². The summed E-state index contributed by atoms with van der Waals surface area (Å²) in [4.78, 5) is 11.3. The molecule has 1 aliphatic heterocycles. The van der Waals surface area contributed by atoms with Crippen molar-refractivity contribution in [1.29, 1.82) is 0 Å². The van der Waals surface area contributed by atoms with E-state index in [1.807, 2.05) is 0 Å². The lowest BCUT2D eigenvalue weighted by molar-refractivity contribution is -0.115.